The molecule has 3 amide bonds. The highest BCUT2D eigenvalue weighted by molar-refractivity contribution is 5.98. The minimum atomic E-state index is -5.03. The van der Waals surface area contributed by atoms with Gasteiger partial charge in [0.15, 0.2) is 5.78 Å². The summed E-state index contributed by atoms with van der Waals surface area (Å²) in [5.74, 6) is -3.71. The predicted octanol–water partition coefficient (Wildman–Crippen LogP) is 2.32. The van der Waals surface area contributed by atoms with Crippen molar-refractivity contribution in [2.24, 2.45) is 5.92 Å². The number of aromatic amines is 1. The fourth-order valence-corrected chi connectivity index (χ4v) is 3.94. The molecule has 3 rings (SSSR count). The highest BCUT2D eigenvalue weighted by Gasteiger charge is 2.35. The average molecular weight is 514 g/mol. The molecule has 9 nitrogen and oxygen atoms in total. The van der Waals surface area contributed by atoms with Crippen LogP contribution in [0.4, 0.5) is 17.6 Å². The maximum Gasteiger partial charge on any atom is 0.522 e. The molecule has 0 saturated carbocycles. The van der Waals surface area contributed by atoms with Gasteiger partial charge in [0.1, 0.15) is 18.1 Å². The van der Waals surface area contributed by atoms with Crippen LogP contribution in [0.25, 0.3) is 10.9 Å². The van der Waals surface area contributed by atoms with E-state index in [1.54, 1.807) is 6.92 Å². The monoisotopic (exact) mass is 514 g/mol. The van der Waals surface area contributed by atoms with Crippen LogP contribution in [0.1, 0.15) is 43.1 Å². The first-order valence-corrected chi connectivity index (χ1v) is 11.3. The quantitative estimate of drug-likeness (QED) is 0.342. The largest absolute Gasteiger partial charge is 0.522 e. The summed E-state index contributed by atoms with van der Waals surface area (Å²) in [6.07, 6.45) is -4.76. The summed E-state index contributed by atoms with van der Waals surface area (Å²) >= 11 is 0. The zero-order chi connectivity index (χ0) is 26.5. The smallest absolute Gasteiger partial charge is 0.356 e. The normalized spacial score (nSPS) is 17.5. The van der Waals surface area contributed by atoms with Gasteiger partial charge >= 0.3 is 6.36 Å². The van der Waals surface area contributed by atoms with Crippen LogP contribution in [0, 0.1) is 11.7 Å². The van der Waals surface area contributed by atoms with Crippen LogP contribution in [-0.2, 0) is 19.1 Å². The van der Waals surface area contributed by atoms with Crippen molar-refractivity contribution >= 4 is 34.4 Å². The van der Waals surface area contributed by atoms with Gasteiger partial charge < -0.3 is 20.9 Å². The Hall–Kier alpha value is -3.48. The van der Waals surface area contributed by atoms with Crippen LogP contribution in [0.3, 0.4) is 0 Å². The number of carbonyl (C=O) groups is 4. The number of halogens is 4. The van der Waals surface area contributed by atoms with Gasteiger partial charge in [-0.3, -0.25) is 23.9 Å². The molecule has 3 atom stereocenters. The molecule has 0 unspecified atom stereocenters. The van der Waals surface area contributed by atoms with Gasteiger partial charge in [0, 0.05) is 35.8 Å². The van der Waals surface area contributed by atoms with Crippen LogP contribution >= 0.6 is 0 Å². The lowest BCUT2D eigenvalue weighted by molar-refractivity contribution is -0.321. The van der Waals surface area contributed by atoms with E-state index in [4.69, 9.17) is 0 Å². The van der Waals surface area contributed by atoms with Crippen molar-refractivity contribution in [3.05, 3.63) is 35.8 Å². The maximum atomic E-state index is 13.4. The van der Waals surface area contributed by atoms with Gasteiger partial charge in [0.2, 0.25) is 11.8 Å². The van der Waals surface area contributed by atoms with Crippen molar-refractivity contribution in [3.63, 3.8) is 0 Å². The summed E-state index contributed by atoms with van der Waals surface area (Å²) in [5.41, 5.74) is 0.699. The number of carbonyl (C=O) groups excluding carboxylic acids is 4. The van der Waals surface area contributed by atoms with E-state index < -0.39 is 54.4 Å². The Kier molecular flexibility index (Phi) is 8.66. The molecule has 0 spiro atoms. The molecule has 1 aromatic heterocycles. The number of amides is 3. The number of rotatable bonds is 11. The third-order valence-corrected chi connectivity index (χ3v) is 5.87. The van der Waals surface area contributed by atoms with E-state index in [1.807, 2.05) is 0 Å². The molecule has 2 heterocycles. The van der Waals surface area contributed by atoms with Crippen molar-refractivity contribution in [3.8, 4) is 0 Å². The first kappa shape index (κ1) is 27.1. The lowest BCUT2D eigenvalue weighted by Crippen LogP contribution is -2.47. The van der Waals surface area contributed by atoms with Crippen LogP contribution in [0.5, 0.6) is 0 Å². The van der Waals surface area contributed by atoms with Crippen LogP contribution < -0.4 is 16.0 Å². The molecule has 0 radical (unpaired) electrons. The van der Waals surface area contributed by atoms with Crippen molar-refractivity contribution < 1.29 is 41.5 Å². The van der Waals surface area contributed by atoms with Crippen molar-refractivity contribution in [1.29, 1.82) is 0 Å². The Morgan fingerprint density at radius 2 is 1.94 bits per heavy atom. The lowest BCUT2D eigenvalue weighted by atomic mass is 9.95. The van der Waals surface area contributed by atoms with Gasteiger partial charge in [0.05, 0.1) is 6.04 Å². The Bertz CT molecular complexity index is 1130. The Morgan fingerprint density at radius 3 is 2.58 bits per heavy atom. The number of ketones is 1. The molecule has 1 aliphatic rings. The summed E-state index contributed by atoms with van der Waals surface area (Å²) in [5, 5.41) is 8.12. The Balaban J connectivity index is 1.62. The second-order valence-corrected chi connectivity index (χ2v) is 8.53. The summed E-state index contributed by atoms with van der Waals surface area (Å²) in [7, 11) is 0. The molecular weight excluding hydrogens is 488 g/mol. The average Bonchev–Trinajstić information content (AvgIpc) is 3.41. The standard InChI is InChI=1S/C23H26F4N4O5/c1-2-15(29-22(35)18-9-13-7-14(24)3-4-16(13)30-18)10-20(33)31-17(8-12-5-6-28-21(12)34)19(32)11-36-23(25,26)27/h3-4,7,9,12,15,17,30H,2,5-6,8,10-11H2,1H3,(H,28,34)(H,29,35)(H,31,33)/t12-,15+,17-/m0/s1. The topological polar surface area (TPSA) is 129 Å². The van der Waals surface area contributed by atoms with Gasteiger partial charge in [-0.1, -0.05) is 6.92 Å². The zero-order valence-corrected chi connectivity index (χ0v) is 19.3. The number of hydrogen-bond donors (Lipinski definition) is 4. The molecule has 0 bridgehead atoms. The summed E-state index contributed by atoms with van der Waals surface area (Å²) in [4.78, 5) is 52.4. The van der Waals surface area contributed by atoms with Crippen molar-refractivity contribution in [2.75, 3.05) is 13.2 Å². The molecule has 196 valence electrons. The number of alkyl halides is 3. The molecule has 1 aliphatic heterocycles. The Morgan fingerprint density at radius 1 is 1.19 bits per heavy atom. The first-order chi connectivity index (χ1) is 16.9. The number of benzene rings is 1. The molecule has 2 aromatic rings. The van der Waals surface area contributed by atoms with Crippen LogP contribution in [0.15, 0.2) is 24.3 Å². The van der Waals surface area contributed by atoms with Gasteiger partial charge in [-0.05, 0) is 43.5 Å². The summed E-state index contributed by atoms with van der Waals surface area (Å²) in [6, 6.07) is 3.41. The second kappa shape index (κ2) is 11.5. The van der Waals surface area contributed by atoms with Crippen LogP contribution in [-0.4, -0.2) is 60.1 Å². The maximum absolute atomic E-state index is 13.4. The van der Waals surface area contributed by atoms with E-state index in [1.165, 1.54) is 24.3 Å². The van der Waals surface area contributed by atoms with Crippen LogP contribution in [0.2, 0.25) is 0 Å². The van der Waals surface area contributed by atoms with Gasteiger partial charge in [0.25, 0.3) is 5.91 Å². The third-order valence-electron chi connectivity index (χ3n) is 5.87. The number of ether oxygens (including phenoxy) is 1. The molecule has 13 heteroatoms. The molecule has 4 N–H and O–H groups in total. The number of hydrogen-bond acceptors (Lipinski definition) is 5. The molecular formula is C23H26F4N4O5. The minimum absolute atomic E-state index is 0.152. The van der Waals surface area contributed by atoms with Gasteiger partial charge in [-0.15, -0.1) is 13.2 Å². The SMILES string of the molecule is CC[C@H](CC(=O)N[C@@H](C[C@@H]1CCNC1=O)C(=O)COC(F)(F)F)NC(=O)c1cc2cc(F)ccc2[nH]1. The predicted molar refractivity (Wildman–Crippen MR) is 119 cm³/mol. The molecule has 1 fully saturated rings. The molecule has 0 aliphatic carbocycles. The fourth-order valence-electron chi connectivity index (χ4n) is 3.94. The summed E-state index contributed by atoms with van der Waals surface area (Å²) in [6.45, 7) is 0.765. The zero-order valence-electron chi connectivity index (χ0n) is 19.3. The fraction of sp³-hybridized carbons (Fsp3) is 0.478. The number of Topliss-reactive ketones (excluding diaryl/α,β-unsaturated/α-hetero) is 1. The van der Waals surface area contributed by atoms with E-state index >= 15 is 0 Å². The van der Waals surface area contributed by atoms with E-state index in [9.17, 15) is 36.7 Å². The van der Waals surface area contributed by atoms with E-state index in [2.05, 4.69) is 25.7 Å². The van der Waals surface area contributed by atoms with E-state index in [0.29, 0.717) is 30.3 Å². The van der Waals surface area contributed by atoms with Gasteiger partial charge in [-0.25, -0.2) is 4.39 Å². The van der Waals surface area contributed by atoms with Gasteiger partial charge in [-0.2, -0.15) is 0 Å². The highest BCUT2D eigenvalue weighted by Crippen LogP contribution is 2.20. The lowest BCUT2D eigenvalue weighted by Gasteiger charge is -2.22. The van der Waals surface area contributed by atoms with E-state index in [0.717, 1.165) is 0 Å². The number of H-pyrrole nitrogens is 1. The third kappa shape index (κ3) is 7.51. The van der Waals surface area contributed by atoms with Crippen molar-refractivity contribution in [2.45, 2.75) is 51.1 Å². The minimum Gasteiger partial charge on any atom is -0.356 e. The highest BCUT2D eigenvalue weighted by atomic mass is 19.4. The number of fused-ring (bicyclic) bond motifs is 1. The van der Waals surface area contributed by atoms with Crippen molar-refractivity contribution in [1.82, 2.24) is 20.9 Å². The Labute approximate surface area is 203 Å². The molecule has 36 heavy (non-hydrogen) atoms. The number of nitrogens with one attached hydrogen (secondary N) is 4. The summed E-state index contributed by atoms with van der Waals surface area (Å²) < 4.78 is 54.2. The first-order valence-electron chi connectivity index (χ1n) is 11.3. The number of aromatic nitrogens is 1. The van der Waals surface area contributed by atoms with E-state index in [-0.39, 0.29) is 24.4 Å². The molecule has 1 saturated heterocycles. The second-order valence-electron chi connectivity index (χ2n) is 8.53. The molecule has 1 aromatic carbocycles.